The topological polar surface area (TPSA) is 24.9 Å². The molecule has 5 heteroatoms. The average Bonchev–Trinajstić information content (AvgIpc) is 2.82. The zero-order chi connectivity index (χ0) is 13.9. The van der Waals surface area contributed by atoms with E-state index >= 15 is 0 Å². The highest BCUT2D eigenvalue weighted by Crippen LogP contribution is 2.27. The second-order valence-electron chi connectivity index (χ2n) is 4.42. The first-order valence-electron chi connectivity index (χ1n) is 6.26. The summed E-state index contributed by atoms with van der Waals surface area (Å²) < 4.78 is 26.9. The Bertz CT molecular complexity index is 686. The van der Waals surface area contributed by atoms with E-state index in [0.717, 1.165) is 19.0 Å². The van der Waals surface area contributed by atoms with Gasteiger partial charge in [-0.1, -0.05) is 41.7 Å². The monoisotopic (exact) mass is 290 g/mol. The normalized spacial score (nSPS) is 10.9. The van der Waals surface area contributed by atoms with Crippen LogP contribution in [0.2, 0.25) is 0 Å². The van der Waals surface area contributed by atoms with Crippen LogP contribution in [0.5, 0.6) is 0 Å². The first-order chi connectivity index (χ1) is 9.72. The second kappa shape index (κ2) is 5.54. The Kier molecular flexibility index (Phi) is 3.60. The van der Waals surface area contributed by atoms with Gasteiger partial charge in [0.1, 0.15) is 0 Å². The third-order valence-corrected chi connectivity index (χ3v) is 3.94. The molecular weight excluding hydrogens is 278 g/mol. The number of rotatable bonds is 4. The predicted molar refractivity (Wildman–Crippen MR) is 78.2 cm³/mol. The van der Waals surface area contributed by atoms with Crippen molar-refractivity contribution in [1.29, 1.82) is 0 Å². The quantitative estimate of drug-likeness (QED) is 0.778. The molecule has 1 N–H and O–H groups in total. The van der Waals surface area contributed by atoms with Gasteiger partial charge in [-0.05, 0) is 18.1 Å². The van der Waals surface area contributed by atoms with Gasteiger partial charge in [0, 0.05) is 12.6 Å². The number of nitrogens with zero attached hydrogens (tertiary/aromatic N) is 1. The van der Waals surface area contributed by atoms with Crippen LogP contribution in [0.3, 0.4) is 0 Å². The Hall–Kier alpha value is -2.01. The van der Waals surface area contributed by atoms with Crippen molar-refractivity contribution in [2.45, 2.75) is 6.42 Å². The molecule has 1 heterocycles. The Morgan fingerprint density at radius 3 is 2.60 bits per heavy atom. The number of halogens is 2. The zero-order valence-electron chi connectivity index (χ0n) is 10.6. The number of hydrogen-bond donors (Lipinski definition) is 1. The fourth-order valence-corrected chi connectivity index (χ4v) is 2.86. The molecule has 0 fully saturated rings. The van der Waals surface area contributed by atoms with Crippen LogP contribution in [-0.2, 0) is 6.42 Å². The first kappa shape index (κ1) is 13.0. The van der Waals surface area contributed by atoms with Crippen molar-refractivity contribution in [1.82, 2.24) is 4.98 Å². The molecule has 0 amide bonds. The van der Waals surface area contributed by atoms with Crippen molar-refractivity contribution in [2.75, 3.05) is 11.9 Å². The fraction of sp³-hybridized carbons (Fsp3) is 0.133. The number of hydrogen-bond acceptors (Lipinski definition) is 3. The minimum absolute atomic E-state index is 0.483. The lowest BCUT2D eigenvalue weighted by Crippen LogP contribution is -2.04. The molecule has 0 radical (unpaired) electrons. The molecule has 1 aromatic heterocycles. The van der Waals surface area contributed by atoms with Gasteiger partial charge >= 0.3 is 0 Å². The molecule has 2 nitrogen and oxygen atoms in total. The van der Waals surface area contributed by atoms with E-state index in [2.05, 4.69) is 22.4 Å². The molecular formula is C15H12F2N2S. The number of aromatic nitrogens is 1. The molecule has 0 aliphatic heterocycles. The molecule has 3 rings (SSSR count). The van der Waals surface area contributed by atoms with Crippen LogP contribution in [-0.4, -0.2) is 11.5 Å². The molecule has 20 heavy (non-hydrogen) atoms. The van der Waals surface area contributed by atoms with E-state index in [1.165, 1.54) is 23.0 Å². The number of nitrogens with one attached hydrogen (secondary N) is 1. The highest BCUT2D eigenvalue weighted by molar-refractivity contribution is 7.22. The molecule has 0 unspecified atom stereocenters. The number of fused-ring (bicyclic) bond motifs is 1. The van der Waals surface area contributed by atoms with Crippen LogP contribution in [0.25, 0.3) is 10.2 Å². The van der Waals surface area contributed by atoms with E-state index in [9.17, 15) is 8.78 Å². The smallest absolute Gasteiger partial charge is 0.183 e. The molecule has 102 valence electrons. The maximum absolute atomic E-state index is 13.1. The van der Waals surface area contributed by atoms with Gasteiger partial charge in [-0.15, -0.1) is 0 Å². The molecule has 2 aromatic carbocycles. The predicted octanol–water partition coefficient (Wildman–Crippen LogP) is 4.23. The summed E-state index contributed by atoms with van der Waals surface area (Å²) in [4.78, 5) is 4.25. The number of thiazole rings is 1. The van der Waals surface area contributed by atoms with Crippen LogP contribution >= 0.6 is 11.3 Å². The minimum Gasteiger partial charge on any atom is -0.361 e. The van der Waals surface area contributed by atoms with Crippen molar-refractivity contribution in [3.05, 3.63) is 59.7 Å². The van der Waals surface area contributed by atoms with Gasteiger partial charge < -0.3 is 5.32 Å². The molecule has 0 atom stereocenters. The van der Waals surface area contributed by atoms with Crippen molar-refractivity contribution >= 4 is 26.7 Å². The fourth-order valence-electron chi connectivity index (χ4n) is 1.96. The van der Waals surface area contributed by atoms with Crippen molar-refractivity contribution in [3.8, 4) is 0 Å². The summed E-state index contributed by atoms with van der Waals surface area (Å²) in [5.41, 5.74) is 1.72. The van der Waals surface area contributed by atoms with Gasteiger partial charge in [-0.25, -0.2) is 13.8 Å². The summed E-state index contributed by atoms with van der Waals surface area (Å²) >= 11 is 1.33. The largest absolute Gasteiger partial charge is 0.361 e. The van der Waals surface area contributed by atoms with Crippen molar-refractivity contribution in [3.63, 3.8) is 0 Å². The summed E-state index contributed by atoms with van der Waals surface area (Å²) in [6, 6.07) is 12.4. The van der Waals surface area contributed by atoms with Crippen LogP contribution in [0, 0.1) is 11.6 Å². The molecule has 3 aromatic rings. The second-order valence-corrected chi connectivity index (χ2v) is 5.45. The van der Waals surface area contributed by atoms with Crippen LogP contribution < -0.4 is 5.32 Å². The van der Waals surface area contributed by atoms with E-state index in [1.807, 2.05) is 18.2 Å². The highest BCUT2D eigenvalue weighted by Gasteiger charge is 2.08. The molecule has 0 spiro atoms. The molecule has 0 aliphatic carbocycles. The zero-order valence-corrected chi connectivity index (χ0v) is 11.4. The van der Waals surface area contributed by atoms with Gasteiger partial charge in [-0.2, -0.15) is 0 Å². The maximum atomic E-state index is 13.1. The minimum atomic E-state index is -0.862. The first-order valence-corrected chi connectivity index (χ1v) is 7.07. The lowest BCUT2D eigenvalue weighted by Gasteiger charge is -2.02. The molecule has 0 bridgehead atoms. The van der Waals surface area contributed by atoms with E-state index in [1.54, 1.807) is 0 Å². The summed E-state index contributed by atoms with van der Waals surface area (Å²) in [6.07, 6.45) is 0.874. The lowest BCUT2D eigenvalue weighted by molar-refractivity contribution is 0.511. The van der Waals surface area contributed by atoms with Gasteiger partial charge in [0.2, 0.25) is 0 Å². The third-order valence-electron chi connectivity index (χ3n) is 2.96. The summed E-state index contributed by atoms with van der Waals surface area (Å²) in [7, 11) is 0. The Labute approximate surface area is 119 Å². The van der Waals surface area contributed by atoms with Crippen molar-refractivity contribution in [2.24, 2.45) is 0 Å². The van der Waals surface area contributed by atoms with E-state index in [0.29, 0.717) is 15.3 Å². The van der Waals surface area contributed by atoms with Gasteiger partial charge in [0.15, 0.2) is 16.8 Å². The van der Waals surface area contributed by atoms with E-state index in [4.69, 9.17) is 0 Å². The third kappa shape index (κ3) is 2.77. The van der Waals surface area contributed by atoms with E-state index < -0.39 is 11.6 Å². The van der Waals surface area contributed by atoms with E-state index in [-0.39, 0.29) is 0 Å². The highest BCUT2D eigenvalue weighted by atomic mass is 32.1. The molecule has 0 aliphatic rings. The number of benzene rings is 2. The van der Waals surface area contributed by atoms with Gasteiger partial charge in [-0.3, -0.25) is 0 Å². The van der Waals surface area contributed by atoms with Crippen LogP contribution in [0.1, 0.15) is 5.56 Å². The average molecular weight is 290 g/mol. The SMILES string of the molecule is Fc1cc2nc(NCCc3ccccc3)sc2cc1F. The number of anilines is 1. The van der Waals surface area contributed by atoms with Crippen LogP contribution in [0.4, 0.5) is 13.9 Å². The lowest BCUT2D eigenvalue weighted by atomic mass is 10.2. The maximum Gasteiger partial charge on any atom is 0.183 e. The Morgan fingerprint density at radius 2 is 1.80 bits per heavy atom. The van der Waals surface area contributed by atoms with Crippen molar-refractivity contribution < 1.29 is 8.78 Å². The standard InChI is InChI=1S/C15H12F2N2S/c16-11-8-13-14(9-12(11)17)20-15(19-13)18-7-6-10-4-2-1-3-5-10/h1-5,8-9H,6-7H2,(H,18,19). The van der Waals surface area contributed by atoms with Gasteiger partial charge in [0.25, 0.3) is 0 Å². The molecule has 0 saturated heterocycles. The Morgan fingerprint density at radius 1 is 1.05 bits per heavy atom. The van der Waals surface area contributed by atoms with Gasteiger partial charge in [0.05, 0.1) is 10.2 Å². The Balaban J connectivity index is 1.69. The van der Waals surface area contributed by atoms with Crippen LogP contribution in [0.15, 0.2) is 42.5 Å². The molecule has 0 saturated carbocycles. The summed E-state index contributed by atoms with van der Waals surface area (Å²) in [5.74, 6) is -1.70. The summed E-state index contributed by atoms with van der Waals surface area (Å²) in [5, 5.41) is 3.87. The summed E-state index contributed by atoms with van der Waals surface area (Å²) in [6.45, 7) is 0.731.